The zero-order chi connectivity index (χ0) is 20.2. The van der Waals surface area contributed by atoms with Crippen LogP contribution in [0, 0.1) is 0 Å². The zero-order valence-electron chi connectivity index (χ0n) is 15.4. The Morgan fingerprint density at radius 2 is 1.74 bits per heavy atom. The highest BCUT2D eigenvalue weighted by Gasteiger charge is 2.18. The van der Waals surface area contributed by atoms with Gasteiger partial charge in [0.1, 0.15) is 0 Å². The molecule has 2 aromatic carbocycles. The van der Waals surface area contributed by atoms with E-state index in [1.54, 1.807) is 12.1 Å². The van der Waals surface area contributed by atoms with E-state index >= 15 is 0 Å². The van der Waals surface area contributed by atoms with Crippen LogP contribution in [0.1, 0.15) is 52.5 Å². The molecule has 0 radical (unpaired) electrons. The summed E-state index contributed by atoms with van der Waals surface area (Å²) in [6.07, 6.45) is 2.02. The number of sulfone groups is 1. The largest absolute Gasteiger partial charge is 0.454 e. The van der Waals surface area contributed by atoms with Gasteiger partial charge in [0.25, 0.3) is 0 Å². The number of rotatable bonds is 7. The van der Waals surface area contributed by atoms with Crippen LogP contribution in [0.5, 0.6) is 0 Å². The standard InChI is InChI=1S/C20H21ClO5S/c1-4-13(2)14-5-7-15(8-6-14)19(22)12-26-20(23)17-11-16(27(3,24)25)9-10-18(17)21/h5-11,13H,4,12H2,1-3H3/t13-/m0/s1. The molecule has 0 amide bonds. The molecule has 5 nitrogen and oxygen atoms in total. The minimum atomic E-state index is -3.50. The van der Waals surface area contributed by atoms with Crippen molar-refractivity contribution in [2.75, 3.05) is 12.9 Å². The maximum atomic E-state index is 12.2. The van der Waals surface area contributed by atoms with Gasteiger partial charge < -0.3 is 4.74 Å². The van der Waals surface area contributed by atoms with Crippen LogP contribution in [0.2, 0.25) is 5.02 Å². The summed E-state index contributed by atoms with van der Waals surface area (Å²) >= 11 is 5.95. The van der Waals surface area contributed by atoms with E-state index in [9.17, 15) is 18.0 Å². The summed E-state index contributed by atoms with van der Waals surface area (Å²) in [5, 5.41) is 0.0535. The van der Waals surface area contributed by atoms with E-state index in [1.165, 1.54) is 12.1 Å². The fourth-order valence-electron chi connectivity index (χ4n) is 2.42. The minimum absolute atomic E-state index is 0.0502. The normalized spacial score (nSPS) is 12.4. The molecule has 144 valence electrons. The van der Waals surface area contributed by atoms with Crippen LogP contribution in [-0.4, -0.2) is 33.0 Å². The highest BCUT2D eigenvalue weighted by Crippen LogP contribution is 2.22. The predicted molar refractivity (Wildman–Crippen MR) is 104 cm³/mol. The van der Waals surface area contributed by atoms with Crippen LogP contribution in [0.4, 0.5) is 0 Å². The first-order valence-electron chi connectivity index (χ1n) is 8.43. The second-order valence-corrected chi connectivity index (χ2v) is 8.77. The molecule has 0 fully saturated rings. The fraction of sp³-hybridized carbons (Fsp3) is 0.300. The van der Waals surface area contributed by atoms with Gasteiger partial charge in [-0.05, 0) is 36.1 Å². The second-order valence-electron chi connectivity index (χ2n) is 6.34. The molecule has 27 heavy (non-hydrogen) atoms. The van der Waals surface area contributed by atoms with E-state index in [2.05, 4.69) is 13.8 Å². The molecule has 0 aliphatic carbocycles. The third-order valence-corrected chi connectivity index (χ3v) is 5.77. The van der Waals surface area contributed by atoms with Crippen molar-refractivity contribution in [3.63, 3.8) is 0 Å². The first kappa shape index (κ1) is 21.1. The Morgan fingerprint density at radius 1 is 1.11 bits per heavy atom. The van der Waals surface area contributed by atoms with Crippen molar-refractivity contribution < 1.29 is 22.7 Å². The number of Topliss-reactive ketones (excluding diaryl/α,β-unsaturated/α-hetero) is 1. The third-order valence-electron chi connectivity index (χ3n) is 4.33. The molecule has 2 aromatic rings. The van der Waals surface area contributed by atoms with Gasteiger partial charge in [-0.1, -0.05) is 49.7 Å². The van der Waals surface area contributed by atoms with Crippen LogP contribution >= 0.6 is 11.6 Å². The molecule has 0 N–H and O–H groups in total. The molecule has 0 aliphatic rings. The summed E-state index contributed by atoms with van der Waals surface area (Å²) < 4.78 is 28.3. The molecule has 2 rings (SSSR count). The maximum absolute atomic E-state index is 12.2. The van der Waals surface area contributed by atoms with E-state index in [4.69, 9.17) is 16.3 Å². The molecular weight excluding hydrogens is 388 g/mol. The summed E-state index contributed by atoms with van der Waals surface area (Å²) in [4.78, 5) is 24.4. The third kappa shape index (κ3) is 5.40. The van der Waals surface area contributed by atoms with Gasteiger partial charge in [0.15, 0.2) is 22.2 Å². The van der Waals surface area contributed by atoms with E-state index in [0.29, 0.717) is 11.5 Å². The Kier molecular flexibility index (Phi) is 6.78. The number of esters is 1. The number of halogens is 1. The molecule has 0 aromatic heterocycles. The first-order valence-corrected chi connectivity index (χ1v) is 10.7. The van der Waals surface area contributed by atoms with Gasteiger partial charge in [-0.2, -0.15) is 0 Å². The van der Waals surface area contributed by atoms with E-state index < -0.39 is 22.4 Å². The van der Waals surface area contributed by atoms with Crippen molar-refractivity contribution >= 4 is 33.2 Å². The lowest BCUT2D eigenvalue weighted by Crippen LogP contribution is -2.15. The lowest BCUT2D eigenvalue weighted by molar-refractivity contribution is 0.0474. The number of benzene rings is 2. The Bertz CT molecular complexity index is 949. The van der Waals surface area contributed by atoms with Gasteiger partial charge in [-0.3, -0.25) is 4.79 Å². The molecule has 0 spiro atoms. The smallest absolute Gasteiger partial charge is 0.340 e. The Morgan fingerprint density at radius 3 is 2.30 bits per heavy atom. The lowest BCUT2D eigenvalue weighted by Gasteiger charge is -2.10. The quantitative estimate of drug-likeness (QED) is 0.504. The molecule has 0 aliphatic heterocycles. The monoisotopic (exact) mass is 408 g/mol. The molecule has 7 heteroatoms. The van der Waals surface area contributed by atoms with E-state index in [1.807, 2.05) is 12.1 Å². The van der Waals surface area contributed by atoms with E-state index in [-0.39, 0.29) is 21.3 Å². The molecule has 0 heterocycles. The topological polar surface area (TPSA) is 77.5 Å². The van der Waals surface area contributed by atoms with Crippen molar-refractivity contribution in [1.29, 1.82) is 0 Å². The maximum Gasteiger partial charge on any atom is 0.340 e. The average molecular weight is 409 g/mol. The SMILES string of the molecule is CC[C@H](C)c1ccc(C(=O)COC(=O)c2cc(S(C)(=O)=O)ccc2Cl)cc1. The first-order chi connectivity index (χ1) is 12.6. The number of ketones is 1. The number of ether oxygens (including phenoxy) is 1. The van der Waals surface area contributed by atoms with Crippen LogP contribution in [-0.2, 0) is 14.6 Å². The van der Waals surface area contributed by atoms with Crippen molar-refractivity contribution in [3.8, 4) is 0 Å². The number of hydrogen-bond donors (Lipinski definition) is 0. The van der Waals surface area contributed by atoms with Gasteiger partial charge in [0.05, 0.1) is 15.5 Å². The van der Waals surface area contributed by atoms with Crippen LogP contribution < -0.4 is 0 Å². The van der Waals surface area contributed by atoms with Crippen molar-refractivity contribution in [2.24, 2.45) is 0 Å². The van der Waals surface area contributed by atoms with Crippen molar-refractivity contribution in [3.05, 3.63) is 64.2 Å². The summed E-state index contributed by atoms with van der Waals surface area (Å²) in [6.45, 7) is 3.74. The molecule has 0 bridgehead atoms. The van der Waals surface area contributed by atoms with Crippen LogP contribution in [0.25, 0.3) is 0 Å². The minimum Gasteiger partial charge on any atom is -0.454 e. The average Bonchev–Trinajstić information content (AvgIpc) is 2.64. The highest BCUT2D eigenvalue weighted by molar-refractivity contribution is 7.90. The molecule has 0 unspecified atom stereocenters. The lowest BCUT2D eigenvalue weighted by atomic mass is 9.97. The van der Waals surface area contributed by atoms with Gasteiger partial charge in [-0.25, -0.2) is 13.2 Å². The van der Waals surface area contributed by atoms with E-state index in [0.717, 1.165) is 24.3 Å². The zero-order valence-corrected chi connectivity index (χ0v) is 16.9. The second kappa shape index (κ2) is 8.67. The van der Waals surface area contributed by atoms with Crippen LogP contribution in [0.3, 0.4) is 0 Å². The summed E-state index contributed by atoms with van der Waals surface area (Å²) in [5.74, 6) is -0.805. The Balaban J connectivity index is 2.08. The highest BCUT2D eigenvalue weighted by atomic mass is 35.5. The Labute approximate surface area is 164 Å². The molecule has 0 saturated carbocycles. The van der Waals surface area contributed by atoms with Crippen LogP contribution in [0.15, 0.2) is 47.4 Å². The van der Waals surface area contributed by atoms with Crippen molar-refractivity contribution in [2.45, 2.75) is 31.1 Å². The van der Waals surface area contributed by atoms with Gasteiger partial charge >= 0.3 is 5.97 Å². The van der Waals surface area contributed by atoms with Gasteiger partial charge in [0.2, 0.25) is 0 Å². The summed E-state index contributed by atoms with van der Waals surface area (Å²) in [5.41, 5.74) is 1.47. The summed E-state index contributed by atoms with van der Waals surface area (Å²) in [7, 11) is -3.50. The molecule has 0 saturated heterocycles. The van der Waals surface area contributed by atoms with Gasteiger partial charge in [0, 0.05) is 11.8 Å². The number of hydrogen-bond acceptors (Lipinski definition) is 5. The van der Waals surface area contributed by atoms with Crippen molar-refractivity contribution in [1.82, 2.24) is 0 Å². The molecular formula is C20H21ClO5S. The van der Waals surface area contributed by atoms with Gasteiger partial charge in [-0.15, -0.1) is 0 Å². The molecule has 1 atom stereocenters. The predicted octanol–water partition coefficient (Wildman–Crippen LogP) is 4.30. The Hall–Kier alpha value is -2.18. The number of carbonyl (C=O) groups excluding carboxylic acids is 2. The fourth-order valence-corrected chi connectivity index (χ4v) is 3.26. The number of carbonyl (C=O) groups is 2. The summed E-state index contributed by atoms with van der Waals surface area (Å²) in [6, 6.07) is 10.9.